The summed E-state index contributed by atoms with van der Waals surface area (Å²) in [4.78, 5) is 2.53. The first kappa shape index (κ1) is 20.7. The smallest absolute Gasteiger partial charge is 0.231 e. The lowest BCUT2D eigenvalue weighted by atomic mass is 9.76. The Balaban J connectivity index is 1.14. The van der Waals surface area contributed by atoms with Crippen LogP contribution in [0.15, 0.2) is 36.4 Å². The minimum Gasteiger partial charge on any atom is -0.454 e. The third kappa shape index (κ3) is 4.28. The van der Waals surface area contributed by atoms with Gasteiger partial charge in [-0.2, -0.15) is 0 Å². The van der Waals surface area contributed by atoms with E-state index in [1.54, 1.807) is 0 Å². The van der Waals surface area contributed by atoms with E-state index >= 15 is 0 Å². The number of halogens is 2. The van der Waals surface area contributed by atoms with Gasteiger partial charge in [0.05, 0.1) is 5.60 Å². The van der Waals surface area contributed by atoms with Gasteiger partial charge in [-0.15, -0.1) is 0 Å². The fourth-order valence-electron chi connectivity index (χ4n) is 5.45. The summed E-state index contributed by atoms with van der Waals surface area (Å²) in [6.07, 6.45) is 5.96. The Labute approximate surface area is 181 Å². The van der Waals surface area contributed by atoms with E-state index in [0.29, 0.717) is 29.7 Å². The van der Waals surface area contributed by atoms with Crippen molar-refractivity contribution in [1.82, 2.24) is 4.90 Å². The van der Waals surface area contributed by atoms with Gasteiger partial charge in [-0.05, 0) is 105 Å². The van der Waals surface area contributed by atoms with Crippen LogP contribution in [0.5, 0.6) is 11.5 Å². The molecule has 2 fully saturated rings. The van der Waals surface area contributed by atoms with Crippen LogP contribution in [0.3, 0.4) is 0 Å². The predicted molar refractivity (Wildman–Crippen MR) is 113 cm³/mol. The summed E-state index contributed by atoms with van der Waals surface area (Å²) in [7, 11) is 0. The average molecular weight is 430 g/mol. The van der Waals surface area contributed by atoms with Crippen molar-refractivity contribution in [1.29, 1.82) is 0 Å². The van der Waals surface area contributed by atoms with Crippen LogP contribution in [0.25, 0.3) is 0 Å². The lowest BCUT2D eigenvalue weighted by molar-refractivity contribution is -0.0296. The van der Waals surface area contributed by atoms with Gasteiger partial charge in [0.2, 0.25) is 6.79 Å². The molecule has 0 bridgehead atoms. The van der Waals surface area contributed by atoms with Gasteiger partial charge < -0.3 is 19.5 Å². The van der Waals surface area contributed by atoms with Gasteiger partial charge >= 0.3 is 0 Å². The number of aliphatic hydroxyl groups is 1. The van der Waals surface area contributed by atoms with Gasteiger partial charge in [-0.1, -0.05) is 6.07 Å². The number of hydrogen-bond donors (Lipinski definition) is 1. The van der Waals surface area contributed by atoms with Gasteiger partial charge in [0, 0.05) is 6.04 Å². The van der Waals surface area contributed by atoms with E-state index in [9.17, 15) is 13.9 Å². The molecule has 166 valence electrons. The van der Waals surface area contributed by atoms with Crippen molar-refractivity contribution in [3.63, 3.8) is 0 Å². The first-order chi connectivity index (χ1) is 15.0. The molecular formula is C25H29F2NO3. The molecule has 0 atom stereocenters. The second-order valence-electron chi connectivity index (χ2n) is 9.25. The second kappa shape index (κ2) is 8.40. The first-order valence-corrected chi connectivity index (χ1v) is 11.3. The Morgan fingerprint density at radius 1 is 0.935 bits per heavy atom. The van der Waals surface area contributed by atoms with Crippen LogP contribution in [0.2, 0.25) is 0 Å². The Bertz CT molecular complexity index is 934. The number of likely N-dealkylation sites (tertiary alicyclic amines) is 1. The van der Waals surface area contributed by atoms with Crippen molar-refractivity contribution in [3.05, 3.63) is 59.2 Å². The molecule has 31 heavy (non-hydrogen) atoms. The van der Waals surface area contributed by atoms with Gasteiger partial charge in [-0.3, -0.25) is 0 Å². The highest BCUT2D eigenvalue weighted by Gasteiger charge is 2.38. The zero-order valence-corrected chi connectivity index (χ0v) is 17.7. The molecule has 4 nitrogen and oxygen atoms in total. The molecule has 5 rings (SSSR count). The molecule has 6 heteroatoms. The second-order valence-corrected chi connectivity index (χ2v) is 9.25. The molecule has 0 radical (unpaired) electrons. The average Bonchev–Trinajstić information content (AvgIpc) is 3.26. The molecule has 0 unspecified atom stereocenters. The SMILES string of the molecule is OC1(c2ccc3c(c2)OCO3)CCC(N2CCC(Cc3cc(F)ccc3F)CC2)CC1. The third-order valence-electron chi connectivity index (χ3n) is 7.37. The predicted octanol–water partition coefficient (Wildman–Crippen LogP) is 4.78. The molecule has 0 amide bonds. The molecule has 3 aliphatic rings. The maximum atomic E-state index is 14.0. The standard InChI is InChI=1S/C25H29F2NO3/c26-20-2-3-22(27)18(14-20)13-17-7-11-28(12-8-17)21-5-9-25(29,10-6-21)19-1-4-23-24(15-19)31-16-30-23/h1-4,14-15,17,21,29H,5-13,16H2. The van der Waals surface area contributed by atoms with E-state index in [2.05, 4.69) is 4.90 Å². The fourth-order valence-corrected chi connectivity index (χ4v) is 5.45. The highest BCUT2D eigenvalue weighted by molar-refractivity contribution is 5.46. The molecular weight excluding hydrogens is 400 g/mol. The zero-order valence-electron chi connectivity index (χ0n) is 17.7. The number of benzene rings is 2. The molecule has 2 aromatic carbocycles. The Morgan fingerprint density at radius 3 is 2.45 bits per heavy atom. The van der Waals surface area contributed by atoms with Crippen molar-refractivity contribution in [2.24, 2.45) is 5.92 Å². The Hall–Kier alpha value is -2.18. The Kier molecular flexibility index (Phi) is 5.61. The molecule has 1 aliphatic carbocycles. The monoisotopic (exact) mass is 429 g/mol. The van der Waals surface area contributed by atoms with Gasteiger partial charge in [0.15, 0.2) is 11.5 Å². The lowest BCUT2D eigenvalue weighted by Gasteiger charge is -2.43. The summed E-state index contributed by atoms with van der Waals surface area (Å²) in [6, 6.07) is 9.96. The summed E-state index contributed by atoms with van der Waals surface area (Å²) in [5.74, 6) is 1.17. The summed E-state index contributed by atoms with van der Waals surface area (Å²) in [6.45, 7) is 2.20. The minimum atomic E-state index is -0.815. The van der Waals surface area contributed by atoms with Gasteiger partial charge in [0.1, 0.15) is 11.6 Å². The quantitative estimate of drug-likeness (QED) is 0.760. The van der Waals surface area contributed by atoms with Gasteiger partial charge in [0.25, 0.3) is 0 Å². The number of nitrogens with zero attached hydrogens (tertiary/aromatic N) is 1. The minimum absolute atomic E-state index is 0.237. The molecule has 2 aliphatic heterocycles. The zero-order chi connectivity index (χ0) is 21.4. The molecule has 1 saturated carbocycles. The molecule has 0 aromatic heterocycles. The van der Waals surface area contributed by atoms with Crippen molar-refractivity contribution >= 4 is 0 Å². The van der Waals surface area contributed by atoms with Gasteiger partial charge in [-0.25, -0.2) is 8.78 Å². The van der Waals surface area contributed by atoms with E-state index < -0.39 is 5.60 Å². The molecule has 2 heterocycles. The summed E-state index contributed by atoms with van der Waals surface area (Å²) in [5.41, 5.74) is 0.584. The molecule has 2 aromatic rings. The van der Waals surface area contributed by atoms with Crippen molar-refractivity contribution in [2.45, 2.75) is 56.6 Å². The summed E-state index contributed by atoms with van der Waals surface area (Å²) in [5, 5.41) is 11.3. The van der Waals surface area contributed by atoms with Crippen LogP contribution in [0.1, 0.15) is 49.7 Å². The van der Waals surface area contributed by atoms with E-state index in [1.165, 1.54) is 18.2 Å². The number of fused-ring (bicyclic) bond motifs is 1. The summed E-state index contributed by atoms with van der Waals surface area (Å²) >= 11 is 0. The number of ether oxygens (including phenoxy) is 2. The van der Waals surface area contributed by atoms with E-state index in [0.717, 1.165) is 62.9 Å². The molecule has 0 spiro atoms. The van der Waals surface area contributed by atoms with Crippen LogP contribution in [0.4, 0.5) is 8.78 Å². The lowest BCUT2D eigenvalue weighted by Crippen LogP contribution is -2.46. The summed E-state index contributed by atoms with van der Waals surface area (Å²) < 4.78 is 38.3. The highest BCUT2D eigenvalue weighted by atomic mass is 19.1. The Morgan fingerprint density at radius 2 is 1.68 bits per heavy atom. The first-order valence-electron chi connectivity index (χ1n) is 11.3. The highest BCUT2D eigenvalue weighted by Crippen LogP contribution is 2.43. The number of piperidine rings is 1. The van der Waals surface area contributed by atoms with Crippen molar-refractivity contribution < 1.29 is 23.4 Å². The largest absolute Gasteiger partial charge is 0.454 e. The molecule has 1 saturated heterocycles. The topological polar surface area (TPSA) is 41.9 Å². The number of hydrogen-bond acceptors (Lipinski definition) is 4. The van der Waals surface area contributed by atoms with Crippen LogP contribution < -0.4 is 9.47 Å². The van der Waals surface area contributed by atoms with Crippen LogP contribution >= 0.6 is 0 Å². The maximum absolute atomic E-state index is 14.0. The van der Waals surface area contributed by atoms with E-state index in [4.69, 9.17) is 9.47 Å². The van der Waals surface area contributed by atoms with Crippen LogP contribution in [-0.4, -0.2) is 35.9 Å². The normalized spacial score (nSPS) is 26.9. The fraction of sp³-hybridized carbons (Fsp3) is 0.520. The third-order valence-corrected chi connectivity index (χ3v) is 7.37. The number of rotatable bonds is 4. The van der Waals surface area contributed by atoms with Crippen molar-refractivity contribution in [2.75, 3.05) is 19.9 Å². The van der Waals surface area contributed by atoms with E-state index in [-0.39, 0.29) is 18.4 Å². The van der Waals surface area contributed by atoms with Crippen LogP contribution in [-0.2, 0) is 12.0 Å². The maximum Gasteiger partial charge on any atom is 0.231 e. The molecule has 1 N–H and O–H groups in total. The van der Waals surface area contributed by atoms with Crippen LogP contribution in [0, 0.1) is 17.6 Å². The van der Waals surface area contributed by atoms with E-state index in [1.807, 2.05) is 18.2 Å². The van der Waals surface area contributed by atoms with Crippen molar-refractivity contribution in [3.8, 4) is 11.5 Å².